The number of likely N-dealkylation sites (tertiary alicyclic amines) is 1. The van der Waals surface area contributed by atoms with Crippen LogP contribution in [-0.4, -0.2) is 52.2 Å². The number of hydrogen-bond acceptors (Lipinski definition) is 4. The maximum absolute atomic E-state index is 10.0. The SMILES string of the molecule is CC(c1c(O)cccc1O)N1CCC2CCC(C1)N2C. The first kappa shape index (κ1) is 13.7. The van der Waals surface area contributed by atoms with Gasteiger partial charge in [-0.3, -0.25) is 9.80 Å². The summed E-state index contributed by atoms with van der Waals surface area (Å²) in [4.78, 5) is 4.91. The zero-order valence-electron chi connectivity index (χ0n) is 12.3. The van der Waals surface area contributed by atoms with Gasteiger partial charge in [0.25, 0.3) is 0 Å². The van der Waals surface area contributed by atoms with Gasteiger partial charge < -0.3 is 10.2 Å². The van der Waals surface area contributed by atoms with E-state index in [0.717, 1.165) is 13.1 Å². The van der Waals surface area contributed by atoms with E-state index in [-0.39, 0.29) is 17.5 Å². The lowest BCUT2D eigenvalue weighted by Crippen LogP contribution is -2.37. The van der Waals surface area contributed by atoms with Crippen molar-refractivity contribution in [2.24, 2.45) is 0 Å². The second kappa shape index (κ2) is 5.26. The van der Waals surface area contributed by atoms with Crippen molar-refractivity contribution in [3.63, 3.8) is 0 Å². The van der Waals surface area contributed by atoms with Gasteiger partial charge in [0, 0.05) is 31.2 Å². The number of aromatic hydroxyl groups is 2. The third-order valence-corrected chi connectivity index (χ3v) is 5.21. The Labute approximate surface area is 120 Å². The number of fused-ring (bicyclic) bond motifs is 2. The molecule has 2 fully saturated rings. The molecule has 0 aromatic heterocycles. The van der Waals surface area contributed by atoms with Crippen LogP contribution in [0, 0.1) is 0 Å². The standard InChI is InChI=1S/C16H24N2O2/c1-11(16-14(19)4-3-5-15(16)20)18-9-8-12-6-7-13(10-18)17(12)2/h3-5,11-13,19-20H,6-10H2,1-2H3. The monoisotopic (exact) mass is 276 g/mol. The highest BCUT2D eigenvalue weighted by Gasteiger charge is 2.36. The molecule has 2 aliphatic heterocycles. The Morgan fingerprint density at radius 3 is 2.45 bits per heavy atom. The Kier molecular flexibility index (Phi) is 3.61. The Morgan fingerprint density at radius 1 is 1.10 bits per heavy atom. The summed E-state index contributed by atoms with van der Waals surface area (Å²) in [7, 11) is 2.23. The molecule has 2 bridgehead atoms. The molecule has 2 aliphatic rings. The first-order chi connectivity index (χ1) is 9.58. The molecule has 4 nitrogen and oxygen atoms in total. The average molecular weight is 276 g/mol. The Hall–Kier alpha value is -1.26. The van der Waals surface area contributed by atoms with Crippen molar-refractivity contribution in [3.05, 3.63) is 23.8 Å². The van der Waals surface area contributed by atoms with Crippen molar-refractivity contribution in [2.75, 3.05) is 20.1 Å². The summed E-state index contributed by atoms with van der Waals surface area (Å²) in [6.45, 7) is 4.12. The molecule has 2 N–H and O–H groups in total. The Bertz CT molecular complexity index is 471. The minimum absolute atomic E-state index is 0.0453. The van der Waals surface area contributed by atoms with E-state index in [1.54, 1.807) is 18.2 Å². The summed E-state index contributed by atoms with van der Waals surface area (Å²) >= 11 is 0. The fourth-order valence-electron chi connectivity index (χ4n) is 3.84. The van der Waals surface area contributed by atoms with Crippen LogP contribution in [-0.2, 0) is 0 Å². The zero-order valence-corrected chi connectivity index (χ0v) is 12.3. The van der Waals surface area contributed by atoms with E-state index in [0.29, 0.717) is 17.6 Å². The third kappa shape index (κ3) is 2.27. The number of hydrogen-bond donors (Lipinski definition) is 2. The lowest BCUT2D eigenvalue weighted by molar-refractivity contribution is 0.177. The van der Waals surface area contributed by atoms with Crippen LogP contribution in [0.1, 0.15) is 37.8 Å². The number of benzene rings is 1. The number of likely N-dealkylation sites (N-methyl/N-ethyl adjacent to an activating group) is 1. The zero-order chi connectivity index (χ0) is 14.3. The van der Waals surface area contributed by atoms with Gasteiger partial charge in [-0.25, -0.2) is 0 Å². The summed E-state index contributed by atoms with van der Waals surface area (Å²) in [5, 5.41) is 20.1. The average Bonchev–Trinajstić information content (AvgIpc) is 2.62. The van der Waals surface area contributed by atoms with Gasteiger partial charge >= 0.3 is 0 Å². The molecule has 0 amide bonds. The van der Waals surface area contributed by atoms with Gasteiger partial charge in [-0.1, -0.05) is 6.07 Å². The second-order valence-corrected chi connectivity index (χ2v) is 6.22. The predicted octanol–water partition coefficient (Wildman–Crippen LogP) is 2.33. The largest absolute Gasteiger partial charge is 0.507 e. The van der Waals surface area contributed by atoms with Crippen LogP contribution in [0.25, 0.3) is 0 Å². The number of nitrogens with zero attached hydrogens (tertiary/aromatic N) is 2. The highest BCUT2D eigenvalue weighted by molar-refractivity contribution is 5.45. The molecule has 2 heterocycles. The third-order valence-electron chi connectivity index (χ3n) is 5.21. The minimum atomic E-state index is 0.0453. The quantitative estimate of drug-likeness (QED) is 0.870. The van der Waals surface area contributed by atoms with E-state index in [4.69, 9.17) is 0 Å². The molecule has 0 radical (unpaired) electrons. The van der Waals surface area contributed by atoms with E-state index in [1.807, 2.05) is 0 Å². The number of phenols is 2. The summed E-state index contributed by atoms with van der Waals surface area (Å²) < 4.78 is 0. The summed E-state index contributed by atoms with van der Waals surface area (Å²) in [6.07, 6.45) is 3.74. The van der Waals surface area contributed by atoms with Crippen LogP contribution >= 0.6 is 0 Å². The van der Waals surface area contributed by atoms with Gasteiger partial charge in [0.1, 0.15) is 11.5 Å². The maximum Gasteiger partial charge on any atom is 0.124 e. The van der Waals surface area contributed by atoms with Gasteiger partial charge in [-0.05, 0) is 45.4 Å². The molecule has 0 spiro atoms. The maximum atomic E-state index is 10.0. The predicted molar refractivity (Wildman–Crippen MR) is 78.9 cm³/mol. The van der Waals surface area contributed by atoms with Gasteiger partial charge in [-0.15, -0.1) is 0 Å². The smallest absolute Gasteiger partial charge is 0.124 e. The summed E-state index contributed by atoms with van der Waals surface area (Å²) in [6, 6.07) is 6.35. The molecular formula is C16H24N2O2. The Morgan fingerprint density at radius 2 is 1.75 bits per heavy atom. The first-order valence-electron chi connectivity index (χ1n) is 7.54. The topological polar surface area (TPSA) is 46.9 Å². The van der Waals surface area contributed by atoms with Crippen LogP contribution < -0.4 is 0 Å². The lowest BCUT2D eigenvalue weighted by atomic mass is 10.0. The number of phenolic OH excluding ortho intramolecular Hbond substituents is 2. The van der Waals surface area contributed by atoms with E-state index in [9.17, 15) is 10.2 Å². The second-order valence-electron chi connectivity index (χ2n) is 6.22. The normalized spacial score (nSPS) is 29.3. The summed E-state index contributed by atoms with van der Waals surface area (Å²) in [5.41, 5.74) is 0.660. The van der Waals surface area contributed by atoms with Crippen molar-refractivity contribution >= 4 is 0 Å². The molecule has 3 rings (SSSR count). The molecule has 4 heteroatoms. The van der Waals surface area contributed by atoms with Gasteiger partial charge in [-0.2, -0.15) is 0 Å². The molecule has 0 aliphatic carbocycles. The van der Waals surface area contributed by atoms with Gasteiger partial charge in [0.2, 0.25) is 0 Å². The van der Waals surface area contributed by atoms with E-state index < -0.39 is 0 Å². The molecule has 20 heavy (non-hydrogen) atoms. The molecule has 110 valence electrons. The highest BCUT2D eigenvalue weighted by atomic mass is 16.3. The highest BCUT2D eigenvalue weighted by Crippen LogP contribution is 2.38. The van der Waals surface area contributed by atoms with Crippen LogP contribution in [0.15, 0.2) is 18.2 Å². The Balaban J connectivity index is 1.82. The van der Waals surface area contributed by atoms with Crippen molar-refractivity contribution in [1.29, 1.82) is 0 Å². The molecule has 1 aromatic carbocycles. The van der Waals surface area contributed by atoms with E-state index >= 15 is 0 Å². The van der Waals surface area contributed by atoms with Gasteiger partial charge in [0.15, 0.2) is 0 Å². The fourth-order valence-corrected chi connectivity index (χ4v) is 3.84. The van der Waals surface area contributed by atoms with Crippen LogP contribution in [0.3, 0.4) is 0 Å². The van der Waals surface area contributed by atoms with E-state index in [2.05, 4.69) is 23.8 Å². The van der Waals surface area contributed by atoms with Crippen LogP contribution in [0.5, 0.6) is 11.5 Å². The lowest BCUT2D eigenvalue weighted by Gasteiger charge is -2.31. The number of rotatable bonds is 2. The van der Waals surface area contributed by atoms with Crippen LogP contribution in [0.2, 0.25) is 0 Å². The summed E-state index contributed by atoms with van der Waals surface area (Å²) in [5.74, 6) is 0.389. The van der Waals surface area contributed by atoms with Crippen molar-refractivity contribution in [3.8, 4) is 11.5 Å². The van der Waals surface area contributed by atoms with Crippen molar-refractivity contribution < 1.29 is 10.2 Å². The molecular weight excluding hydrogens is 252 g/mol. The molecule has 3 atom stereocenters. The minimum Gasteiger partial charge on any atom is -0.507 e. The molecule has 1 aromatic rings. The van der Waals surface area contributed by atoms with Crippen molar-refractivity contribution in [2.45, 2.75) is 44.3 Å². The first-order valence-corrected chi connectivity index (χ1v) is 7.54. The molecule has 0 saturated carbocycles. The fraction of sp³-hybridized carbons (Fsp3) is 0.625. The van der Waals surface area contributed by atoms with E-state index in [1.165, 1.54) is 19.3 Å². The van der Waals surface area contributed by atoms with Crippen molar-refractivity contribution in [1.82, 2.24) is 9.80 Å². The van der Waals surface area contributed by atoms with Crippen LogP contribution in [0.4, 0.5) is 0 Å². The molecule has 3 unspecified atom stereocenters. The molecule has 2 saturated heterocycles. The van der Waals surface area contributed by atoms with Gasteiger partial charge in [0.05, 0.1) is 5.56 Å².